The molecule has 18 heavy (non-hydrogen) atoms. The van der Waals surface area contributed by atoms with Crippen LogP contribution < -0.4 is 5.32 Å². The fourth-order valence-corrected chi connectivity index (χ4v) is 2.82. The van der Waals surface area contributed by atoms with E-state index in [-0.39, 0.29) is 6.04 Å². The van der Waals surface area contributed by atoms with Crippen molar-refractivity contribution in [1.82, 2.24) is 5.32 Å². The minimum absolute atomic E-state index is 0.160. The van der Waals surface area contributed by atoms with E-state index >= 15 is 0 Å². The van der Waals surface area contributed by atoms with E-state index in [9.17, 15) is 5.26 Å². The molecule has 1 unspecified atom stereocenters. The summed E-state index contributed by atoms with van der Waals surface area (Å²) in [4.78, 5) is 0. The lowest BCUT2D eigenvalue weighted by Crippen LogP contribution is -2.30. The van der Waals surface area contributed by atoms with Crippen LogP contribution in [0, 0.1) is 32.1 Å². The molecule has 0 heterocycles. The summed E-state index contributed by atoms with van der Waals surface area (Å²) in [5.74, 6) is 0. The van der Waals surface area contributed by atoms with Gasteiger partial charge in [-0.1, -0.05) is 25.0 Å². The van der Waals surface area contributed by atoms with Crippen molar-refractivity contribution in [2.24, 2.45) is 0 Å². The van der Waals surface area contributed by atoms with Crippen LogP contribution in [0.1, 0.15) is 54.0 Å². The zero-order valence-electron chi connectivity index (χ0n) is 11.6. The van der Waals surface area contributed by atoms with Gasteiger partial charge in [-0.05, 0) is 55.9 Å². The van der Waals surface area contributed by atoms with Crippen molar-refractivity contribution in [2.75, 3.05) is 0 Å². The van der Waals surface area contributed by atoms with Gasteiger partial charge in [0, 0.05) is 6.04 Å². The summed E-state index contributed by atoms with van der Waals surface area (Å²) < 4.78 is 0. The summed E-state index contributed by atoms with van der Waals surface area (Å²) in [6.45, 7) is 6.34. The zero-order valence-corrected chi connectivity index (χ0v) is 11.6. The first-order valence-corrected chi connectivity index (χ1v) is 6.85. The molecule has 2 heteroatoms. The van der Waals surface area contributed by atoms with Gasteiger partial charge in [-0.3, -0.25) is 5.32 Å². The Morgan fingerprint density at radius 3 is 2.33 bits per heavy atom. The van der Waals surface area contributed by atoms with Crippen LogP contribution in [0.15, 0.2) is 12.1 Å². The molecule has 1 saturated carbocycles. The molecule has 1 aliphatic rings. The number of hydrogen-bond acceptors (Lipinski definition) is 2. The molecule has 0 saturated heterocycles. The van der Waals surface area contributed by atoms with E-state index in [4.69, 9.17) is 0 Å². The molecule has 0 amide bonds. The maximum atomic E-state index is 9.41. The molecular formula is C16H22N2. The van der Waals surface area contributed by atoms with Crippen molar-refractivity contribution in [2.45, 2.75) is 58.5 Å². The first-order valence-electron chi connectivity index (χ1n) is 6.85. The molecule has 1 aliphatic carbocycles. The van der Waals surface area contributed by atoms with Crippen molar-refractivity contribution in [3.05, 3.63) is 34.4 Å². The Morgan fingerprint density at radius 1 is 1.11 bits per heavy atom. The molecule has 0 aromatic heterocycles. The summed E-state index contributed by atoms with van der Waals surface area (Å²) in [5, 5.41) is 12.9. The Morgan fingerprint density at radius 2 is 1.72 bits per heavy atom. The quantitative estimate of drug-likeness (QED) is 0.877. The number of nitriles is 1. The second-order valence-corrected chi connectivity index (χ2v) is 5.50. The number of nitrogens with zero attached hydrogens (tertiary/aromatic N) is 1. The number of rotatable bonds is 3. The van der Waals surface area contributed by atoms with Crippen LogP contribution >= 0.6 is 0 Å². The van der Waals surface area contributed by atoms with E-state index in [1.165, 1.54) is 42.4 Å². The third-order valence-corrected chi connectivity index (χ3v) is 4.08. The van der Waals surface area contributed by atoms with Gasteiger partial charge in [0.1, 0.15) is 6.04 Å². The Bertz CT molecular complexity index is 465. The van der Waals surface area contributed by atoms with Gasteiger partial charge >= 0.3 is 0 Å². The van der Waals surface area contributed by atoms with Crippen LogP contribution in [0.4, 0.5) is 0 Å². The lowest BCUT2D eigenvalue weighted by atomic mass is 9.96. The van der Waals surface area contributed by atoms with E-state index < -0.39 is 0 Å². The molecule has 0 aliphatic heterocycles. The number of nitrogens with one attached hydrogen (secondary N) is 1. The molecule has 1 aromatic rings. The van der Waals surface area contributed by atoms with Crippen molar-refractivity contribution in [3.8, 4) is 6.07 Å². The number of aryl methyl sites for hydroxylation is 3. The Balaban J connectivity index is 2.21. The van der Waals surface area contributed by atoms with Gasteiger partial charge in [0.2, 0.25) is 0 Å². The summed E-state index contributed by atoms with van der Waals surface area (Å²) in [6, 6.07) is 7.14. The molecule has 0 spiro atoms. The molecule has 1 aromatic carbocycles. The Hall–Kier alpha value is -1.33. The molecule has 96 valence electrons. The Kier molecular flexibility index (Phi) is 4.04. The smallest absolute Gasteiger partial charge is 0.121 e. The highest BCUT2D eigenvalue weighted by molar-refractivity contribution is 5.40. The minimum Gasteiger partial charge on any atom is -0.295 e. The molecule has 0 bridgehead atoms. The molecular weight excluding hydrogens is 220 g/mol. The molecule has 2 nitrogen and oxygen atoms in total. The lowest BCUT2D eigenvalue weighted by Gasteiger charge is -2.20. The van der Waals surface area contributed by atoms with E-state index in [2.05, 4.69) is 44.3 Å². The summed E-state index contributed by atoms with van der Waals surface area (Å²) in [5.41, 5.74) is 4.93. The second kappa shape index (κ2) is 5.54. The van der Waals surface area contributed by atoms with E-state index in [1.807, 2.05) is 0 Å². The van der Waals surface area contributed by atoms with Crippen LogP contribution in [0.25, 0.3) is 0 Å². The van der Waals surface area contributed by atoms with Gasteiger partial charge in [-0.25, -0.2) is 0 Å². The third-order valence-electron chi connectivity index (χ3n) is 4.08. The first-order chi connectivity index (χ1) is 8.61. The van der Waals surface area contributed by atoms with E-state index in [0.29, 0.717) is 6.04 Å². The number of benzene rings is 1. The maximum absolute atomic E-state index is 9.41. The van der Waals surface area contributed by atoms with E-state index in [1.54, 1.807) is 0 Å². The molecule has 1 atom stereocenters. The molecule has 1 N–H and O–H groups in total. The predicted molar refractivity (Wildman–Crippen MR) is 74.4 cm³/mol. The fraction of sp³-hybridized carbons (Fsp3) is 0.562. The van der Waals surface area contributed by atoms with Crippen molar-refractivity contribution in [3.63, 3.8) is 0 Å². The summed E-state index contributed by atoms with van der Waals surface area (Å²) >= 11 is 0. The Labute approximate surface area is 110 Å². The van der Waals surface area contributed by atoms with Crippen LogP contribution in [-0.4, -0.2) is 6.04 Å². The van der Waals surface area contributed by atoms with Gasteiger partial charge in [-0.2, -0.15) is 5.26 Å². The van der Waals surface area contributed by atoms with Gasteiger partial charge in [-0.15, -0.1) is 0 Å². The predicted octanol–water partition coefficient (Wildman–Crippen LogP) is 3.71. The van der Waals surface area contributed by atoms with Crippen LogP contribution in [0.5, 0.6) is 0 Å². The maximum Gasteiger partial charge on any atom is 0.121 e. The molecule has 2 rings (SSSR count). The largest absolute Gasteiger partial charge is 0.295 e. The monoisotopic (exact) mass is 242 g/mol. The number of hydrogen-bond donors (Lipinski definition) is 1. The standard InChI is InChI=1S/C16H22N2/c1-11-8-13(3)15(9-12(11)2)16(10-17)18-14-6-4-5-7-14/h8-9,14,16,18H,4-7H2,1-3H3. The van der Waals surface area contributed by atoms with Crippen molar-refractivity contribution >= 4 is 0 Å². The summed E-state index contributed by atoms with van der Waals surface area (Å²) in [6.07, 6.45) is 5.01. The first kappa shape index (κ1) is 13.1. The normalized spacial score (nSPS) is 17.7. The van der Waals surface area contributed by atoms with Crippen molar-refractivity contribution in [1.29, 1.82) is 5.26 Å². The highest BCUT2D eigenvalue weighted by Crippen LogP contribution is 2.25. The van der Waals surface area contributed by atoms with Gasteiger partial charge in [0.05, 0.1) is 6.07 Å². The molecule has 0 radical (unpaired) electrons. The molecule has 1 fully saturated rings. The minimum atomic E-state index is -0.160. The van der Waals surface area contributed by atoms with E-state index in [0.717, 1.165) is 5.56 Å². The zero-order chi connectivity index (χ0) is 13.1. The average molecular weight is 242 g/mol. The van der Waals surface area contributed by atoms with Crippen LogP contribution in [-0.2, 0) is 0 Å². The fourth-order valence-electron chi connectivity index (χ4n) is 2.82. The van der Waals surface area contributed by atoms with Gasteiger partial charge in [0.15, 0.2) is 0 Å². The highest BCUT2D eigenvalue weighted by Gasteiger charge is 2.21. The van der Waals surface area contributed by atoms with Crippen LogP contribution in [0.2, 0.25) is 0 Å². The SMILES string of the molecule is Cc1cc(C)c(C(C#N)NC2CCCC2)cc1C. The topological polar surface area (TPSA) is 35.8 Å². The summed E-state index contributed by atoms with van der Waals surface area (Å²) in [7, 11) is 0. The van der Waals surface area contributed by atoms with Gasteiger partial charge in [0.25, 0.3) is 0 Å². The lowest BCUT2D eigenvalue weighted by molar-refractivity contribution is 0.491. The average Bonchev–Trinajstić information content (AvgIpc) is 2.84. The van der Waals surface area contributed by atoms with Gasteiger partial charge < -0.3 is 0 Å². The van der Waals surface area contributed by atoms with Crippen molar-refractivity contribution < 1.29 is 0 Å². The highest BCUT2D eigenvalue weighted by atomic mass is 15.0. The van der Waals surface area contributed by atoms with Crippen LogP contribution in [0.3, 0.4) is 0 Å². The third kappa shape index (κ3) is 2.73. The second-order valence-electron chi connectivity index (χ2n) is 5.50.